The van der Waals surface area contributed by atoms with E-state index in [1.54, 1.807) is 24.3 Å². The molecule has 0 radical (unpaired) electrons. The molecule has 1 aromatic carbocycles. The topological polar surface area (TPSA) is 108 Å². The molecule has 0 aliphatic rings. The minimum absolute atomic E-state index is 0.0121. The zero-order chi connectivity index (χ0) is 18.1. The first-order valence-electron chi connectivity index (χ1n) is 7.64. The first-order valence-corrected chi connectivity index (χ1v) is 7.64. The number of nitrogens with zero attached hydrogens (tertiary/aromatic N) is 1. The Morgan fingerprint density at radius 2 is 1.92 bits per heavy atom. The lowest BCUT2D eigenvalue weighted by atomic mass is 10.1. The van der Waals surface area contributed by atoms with Crippen molar-refractivity contribution in [3.05, 3.63) is 42.2 Å². The molecule has 2 aromatic rings. The van der Waals surface area contributed by atoms with Crippen molar-refractivity contribution in [3.63, 3.8) is 0 Å². The normalized spacial score (nSPS) is 10.1. The van der Waals surface area contributed by atoms with Gasteiger partial charge in [-0.3, -0.25) is 14.4 Å². The number of rotatable bonds is 9. The van der Waals surface area contributed by atoms with E-state index in [1.165, 1.54) is 19.3 Å². The van der Waals surface area contributed by atoms with Gasteiger partial charge in [0, 0.05) is 18.1 Å². The number of amides is 1. The molecule has 0 spiro atoms. The molecule has 8 heteroatoms. The van der Waals surface area contributed by atoms with Crippen LogP contribution in [0.2, 0.25) is 0 Å². The van der Waals surface area contributed by atoms with E-state index in [-0.39, 0.29) is 24.6 Å². The maximum atomic E-state index is 11.6. The summed E-state index contributed by atoms with van der Waals surface area (Å²) in [6, 6.07) is 8.23. The number of nitrogens with one attached hydrogen (secondary N) is 1. The predicted molar refractivity (Wildman–Crippen MR) is 87.3 cm³/mol. The number of benzene rings is 1. The highest BCUT2D eigenvalue weighted by molar-refractivity contribution is 5.94. The summed E-state index contributed by atoms with van der Waals surface area (Å²) in [6.07, 6.45) is 1.89. The fraction of sp³-hybridized carbons (Fsp3) is 0.294. The number of anilines is 1. The molecule has 8 nitrogen and oxygen atoms in total. The fourth-order valence-electron chi connectivity index (χ4n) is 1.87. The van der Waals surface area contributed by atoms with Crippen LogP contribution < -0.4 is 10.1 Å². The average molecular weight is 346 g/mol. The van der Waals surface area contributed by atoms with Crippen LogP contribution in [0.15, 0.2) is 41.1 Å². The second kappa shape index (κ2) is 9.21. The van der Waals surface area contributed by atoms with Crippen LogP contribution in [0.25, 0.3) is 0 Å². The molecule has 1 N–H and O–H groups in total. The third-order valence-corrected chi connectivity index (χ3v) is 3.12. The van der Waals surface area contributed by atoms with Gasteiger partial charge >= 0.3 is 5.97 Å². The number of carbonyl (C=O) groups excluding carboxylic acids is 3. The summed E-state index contributed by atoms with van der Waals surface area (Å²) in [5.74, 6) is -0.132. The lowest BCUT2D eigenvalue weighted by molar-refractivity contribution is -0.147. The second-order valence-corrected chi connectivity index (χ2v) is 5.13. The lowest BCUT2D eigenvalue weighted by Crippen LogP contribution is -2.21. The number of ether oxygens (including phenoxy) is 2. The van der Waals surface area contributed by atoms with E-state index in [1.807, 2.05) is 0 Å². The lowest BCUT2D eigenvalue weighted by Gasteiger charge is -2.07. The molecular formula is C17H18N2O6. The van der Waals surface area contributed by atoms with Gasteiger partial charge < -0.3 is 19.3 Å². The molecule has 1 aromatic heterocycles. The summed E-state index contributed by atoms with van der Waals surface area (Å²) in [7, 11) is 0. The molecule has 0 saturated heterocycles. The van der Waals surface area contributed by atoms with Crippen LogP contribution in [0, 0.1) is 0 Å². The number of Topliss-reactive ketones (excluding diaryl/α,β-unsaturated/α-hetero) is 1. The molecule has 0 aliphatic heterocycles. The summed E-state index contributed by atoms with van der Waals surface area (Å²) in [4.78, 5) is 34.2. The Morgan fingerprint density at radius 3 is 2.56 bits per heavy atom. The van der Waals surface area contributed by atoms with Gasteiger partial charge in [0.05, 0.1) is 6.61 Å². The number of carbonyl (C=O) groups is 3. The quantitative estimate of drug-likeness (QED) is 0.421. The van der Waals surface area contributed by atoms with Crippen LogP contribution in [0.1, 0.15) is 30.1 Å². The second-order valence-electron chi connectivity index (χ2n) is 5.13. The van der Waals surface area contributed by atoms with E-state index in [0.29, 0.717) is 24.3 Å². The number of esters is 1. The van der Waals surface area contributed by atoms with E-state index in [4.69, 9.17) is 9.47 Å². The largest absolute Gasteiger partial charge is 0.494 e. The zero-order valence-electron chi connectivity index (χ0n) is 13.7. The van der Waals surface area contributed by atoms with Crippen LogP contribution in [0.4, 0.5) is 5.82 Å². The number of ketones is 1. The van der Waals surface area contributed by atoms with Crippen LogP contribution in [0.5, 0.6) is 5.75 Å². The molecule has 132 valence electrons. The molecule has 0 aliphatic carbocycles. The van der Waals surface area contributed by atoms with Gasteiger partial charge in [-0.15, -0.1) is 0 Å². The van der Waals surface area contributed by atoms with E-state index >= 15 is 0 Å². The fourth-order valence-corrected chi connectivity index (χ4v) is 1.87. The highest BCUT2D eigenvalue weighted by Crippen LogP contribution is 2.13. The van der Waals surface area contributed by atoms with Gasteiger partial charge in [0.15, 0.2) is 18.2 Å². The molecule has 0 unspecified atom stereocenters. The van der Waals surface area contributed by atoms with Crippen molar-refractivity contribution < 1.29 is 28.4 Å². The molecule has 1 heterocycles. The van der Waals surface area contributed by atoms with Crippen molar-refractivity contribution in [2.75, 3.05) is 18.5 Å². The SMILES string of the molecule is CC(=O)c1ccc(OCCCC(=O)OCC(=O)Nc2ccon2)cc1. The van der Waals surface area contributed by atoms with Gasteiger partial charge in [-0.1, -0.05) is 5.16 Å². The Kier molecular flexibility index (Phi) is 6.70. The van der Waals surface area contributed by atoms with Crippen LogP contribution in [-0.4, -0.2) is 36.0 Å². The van der Waals surface area contributed by atoms with Crippen molar-refractivity contribution in [2.45, 2.75) is 19.8 Å². The summed E-state index contributed by atoms with van der Waals surface area (Å²) >= 11 is 0. The summed E-state index contributed by atoms with van der Waals surface area (Å²) < 4.78 is 14.9. The van der Waals surface area contributed by atoms with Crippen molar-refractivity contribution in [1.29, 1.82) is 0 Å². The Hall–Kier alpha value is -3.16. The maximum absolute atomic E-state index is 11.6. The van der Waals surface area contributed by atoms with Crippen molar-refractivity contribution >= 4 is 23.5 Å². The van der Waals surface area contributed by atoms with E-state index in [2.05, 4.69) is 15.0 Å². The van der Waals surface area contributed by atoms with Gasteiger partial charge in [-0.25, -0.2) is 0 Å². The van der Waals surface area contributed by atoms with Crippen LogP contribution in [-0.2, 0) is 14.3 Å². The first-order chi connectivity index (χ1) is 12.0. The number of aromatic nitrogens is 1. The standard InChI is InChI=1S/C17H18N2O6/c1-12(20)13-4-6-14(7-5-13)23-9-2-3-17(22)24-11-16(21)18-15-8-10-25-19-15/h4-8,10H,2-3,9,11H2,1H3,(H,18,19,21). The molecule has 0 atom stereocenters. The molecule has 25 heavy (non-hydrogen) atoms. The Balaban J connectivity index is 1.58. The summed E-state index contributed by atoms with van der Waals surface area (Å²) in [5, 5.41) is 5.91. The van der Waals surface area contributed by atoms with Gasteiger partial charge in [0.1, 0.15) is 12.0 Å². The molecule has 1 amide bonds. The van der Waals surface area contributed by atoms with Gasteiger partial charge in [-0.2, -0.15) is 0 Å². The Bertz CT molecular complexity index is 709. The molecule has 2 rings (SSSR count). The molecule has 0 saturated carbocycles. The van der Waals surface area contributed by atoms with Crippen molar-refractivity contribution in [2.24, 2.45) is 0 Å². The van der Waals surface area contributed by atoms with Crippen LogP contribution >= 0.6 is 0 Å². The summed E-state index contributed by atoms with van der Waals surface area (Å²) in [6.45, 7) is 1.42. The predicted octanol–water partition coefficient (Wildman–Crippen LogP) is 2.22. The monoisotopic (exact) mass is 346 g/mol. The molecular weight excluding hydrogens is 328 g/mol. The van der Waals surface area contributed by atoms with E-state index < -0.39 is 11.9 Å². The smallest absolute Gasteiger partial charge is 0.306 e. The Labute approximate surface area is 144 Å². The van der Waals surface area contributed by atoms with Crippen molar-refractivity contribution in [3.8, 4) is 5.75 Å². The van der Waals surface area contributed by atoms with Crippen LogP contribution in [0.3, 0.4) is 0 Å². The number of hydrogen-bond acceptors (Lipinski definition) is 7. The first kappa shape index (κ1) is 18.2. The van der Waals surface area contributed by atoms with E-state index in [9.17, 15) is 14.4 Å². The van der Waals surface area contributed by atoms with Gasteiger partial charge in [0.25, 0.3) is 5.91 Å². The maximum Gasteiger partial charge on any atom is 0.306 e. The highest BCUT2D eigenvalue weighted by Gasteiger charge is 2.09. The Morgan fingerprint density at radius 1 is 1.16 bits per heavy atom. The summed E-state index contributed by atoms with van der Waals surface area (Å²) in [5.41, 5.74) is 0.611. The minimum Gasteiger partial charge on any atom is -0.494 e. The molecule has 0 fully saturated rings. The van der Waals surface area contributed by atoms with Gasteiger partial charge in [0.2, 0.25) is 0 Å². The van der Waals surface area contributed by atoms with E-state index in [0.717, 1.165) is 0 Å². The zero-order valence-corrected chi connectivity index (χ0v) is 13.7. The average Bonchev–Trinajstić information content (AvgIpc) is 3.10. The number of hydrogen-bond donors (Lipinski definition) is 1. The third-order valence-electron chi connectivity index (χ3n) is 3.12. The van der Waals surface area contributed by atoms with Crippen molar-refractivity contribution in [1.82, 2.24) is 5.16 Å². The minimum atomic E-state index is -0.496. The third kappa shape index (κ3) is 6.46. The highest BCUT2D eigenvalue weighted by atomic mass is 16.5. The molecule has 0 bridgehead atoms. The van der Waals surface area contributed by atoms with Gasteiger partial charge in [-0.05, 0) is 37.6 Å².